The third-order valence-corrected chi connectivity index (χ3v) is 3.70. The molecule has 22 heavy (non-hydrogen) atoms. The van der Waals surface area contributed by atoms with Crippen LogP contribution in [0.1, 0.15) is 63.9 Å². The van der Waals surface area contributed by atoms with Gasteiger partial charge in [0, 0.05) is 12.1 Å². The van der Waals surface area contributed by atoms with Crippen molar-refractivity contribution < 1.29 is 9.85 Å². The number of hydrogen-bond acceptors (Lipinski definition) is 4. The van der Waals surface area contributed by atoms with Gasteiger partial charge in [0.05, 0.1) is 15.9 Å². The lowest BCUT2D eigenvalue weighted by molar-refractivity contribution is -0.394. The Hall–Kier alpha value is -1.98. The zero-order chi connectivity index (χ0) is 16.4. The summed E-state index contributed by atoms with van der Waals surface area (Å²) in [5.41, 5.74) is 0.263. The Morgan fingerprint density at radius 3 is 1.68 bits per heavy atom. The van der Waals surface area contributed by atoms with Gasteiger partial charge >= 0.3 is 0 Å². The first-order chi connectivity index (χ1) is 10.5. The van der Waals surface area contributed by atoms with Crippen LogP contribution in [0, 0.1) is 20.2 Å². The molecule has 0 atom stereocenters. The second-order valence-corrected chi connectivity index (χ2v) is 5.60. The summed E-state index contributed by atoms with van der Waals surface area (Å²) in [5.74, 6) is 0. The van der Waals surface area contributed by atoms with E-state index in [4.69, 9.17) is 0 Å². The smallest absolute Gasteiger partial charge is 0.258 e. The van der Waals surface area contributed by atoms with Gasteiger partial charge in [0.2, 0.25) is 0 Å². The highest BCUT2D eigenvalue weighted by molar-refractivity contribution is 5.46. The summed E-state index contributed by atoms with van der Waals surface area (Å²) >= 11 is 0. The summed E-state index contributed by atoms with van der Waals surface area (Å²) in [6.45, 7) is 2.19. The van der Waals surface area contributed by atoms with Gasteiger partial charge in [-0.15, -0.1) is 0 Å². The van der Waals surface area contributed by atoms with E-state index in [2.05, 4.69) is 6.92 Å². The van der Waals surface area contributed by atoms with Gasteiger partial charge in [0.1, 0.15) is 0 Å². The molecule has 1 aromatic rings. The third kappa shape index (κ3) is 6.65. The highest BCUT2D eigenvalue weighted by Gasteiger charge is 2.15. The Labute approximate surface area is 130 Å². The molecule has 6 heteroatoms. The van der Waals surface area contributed by atoms with Crippen LogP contribution in [0.3, 0.4) is 0 Å². The van der Waals surface area contributed by atoms with Gasteiger partial charge in [-0.3, -0.25) is 20.2 Å². The van der Waals surface area contributed by atoms with E-state index < -0.39 is 9.85 Å². The van der Waals surface area contributed by atoms with Gasteiger partial charge < -0.3 is 0 Å². The normalized spacial score (nSPS) is 10.6. The van der Waals surface area contributed by atoms with Gasteiger partial charge in [-0.2, -0.15) is 0 Å². The van der Waals surface area contributed by atoms with Crippen LogP contribution >= 0.6 is 0 Å². The number of hydrogen-bond donors (Lipinski definition) is 0. The second-order valence-electron chi connectivity index (χ2n) is 5.60. The molecule has 1 aromatic carbocycles. The summed E-state index contributed by atoms with van der Waals surface area (Å²) in [6.07, 6.45) is 10.1. The maximum Gasteiger partial charge on any atom is 0.276 e. The molecule has 6 nitrogen and oxygen atoms in total. The molecule has 1 rings (SSSR count). The van der Waals surface area contributed by atoms with E-state index in [9.17, 15) is 20.2 Å². The minimum atomic E-state index is -0.579. The monoisotopic (exact) mass is 308 g/mol. The topological polar surface area (TPSA) is 86.3 Å². The quantitative estimate of drug-likeness (QED) is 0.320. The van der Waals surface area contributed by atoms with Crippen molar-refractivity contribution in [1.82, 2.24) is 0 Å². The van der Waals surface area contributed by atoms with Crippen molar-refractivity contribution in [2.24, 2.45) is 0 Å². The Bertz CT molecular complexity index is 471. The predicted molar refractivity (Wildman–Crippen MR) is 86.1 cm³/mol. The first kappa shape index (κ1) is 18.1. The van der Waals surface area contributed by atoms with Gasteiger partial charge in [-0.1, -0.05) is 51.9 Å². The summed E-state index contributed by atoms with van der Waals surface area (Å²) in [7, 11) is 0. The van der Waals surface area contributed by atoms with Gasteiger partial charge in [-0.25, -0.2) is 0 Å². The van der Waals surface area contributed by atoms with E-state index in [-0.39, 0.29) is 11.4 Å². The van der Waals surface area contributed by atoms with E-state index in [0.29, 0.717) is 12.0 Å². The SMILES string of the molecule is CCCCCCCCCCc1cc([N+](=O)[O-])cc([N+](=O)[O-])c1. The number of nitro groups is 2. The summed E-state index contributed by atoms with van der Waals surface area (Å²) < 4.78 is 0. The zero-order valence-electron chi connectivity index (χ0n) is 13.1. The largest absolute Gasteiger partial charge is 0.276 e. The van der Waals surface area contributed by atoms with E-state index in [1.54, 1.807) is 0 Å². The fourth-order valence-corrected chi connectivity index (χ4v) is 2.47. The van der Waals surface area contributed by atoms with Crippen molar-refractivity contribution >= 4 is 11.4 Å². The van der Waals surface area contributed by atoms with E-state index in [0.717, 1.165) is 25.3 Å². The summed E-state index contributed by atoms with van der Waals surface area (Å²) in [6, 6.07) is 3.89. The van der Waals surface area contributed by atoms with Gasteiger partial charge in [0.15, 0.2) is 0 Å². The molecule has 0 radical (unpaired) electrons. The lowest BCUT2D eigenvalue weighted by Gasteiger charge is -2.03. The number of benzene rings is 1. The molecule has 0 N–H and O–H groups in total. The molecule has 0 heterocycles. The average molecular weight is 308 g/mol. The molecule has 0 amide bonds. The summed E-state index contributed by atoms with van der Waals surface area (Å²) in [5, 5.41) is 21.6. The highest BCUT2D eigenvalue weighted by Crippen LogP contribution is 2.24. The van der Waals surface area contributed by atoms with Crippen molar-refractivity contribution in [3.8, 4) is 0 Å². The minimum Gasteiger partial charge on any atom is -0.258 e. The molecular formula is C16H24N2O4. The van der Waals surface area contributed by atoms with E-state index in [1.165, 1.54) is 44.2 Å². The molecule has 0 spiro atoms. The number of non-ortho nitro benzene ring substituents is 2. The van der Waals surface area contributed by atoms with E-state index in [1.807, 2.05) is 0 Å². The van der Waals surface area contributed by atoms with Crippen LogP contribution < -0.4 is 0 Å². The number of nitro benzene ring substituents is 2. The maximum atomic E-state index is 10.8. The minimum absolute atomic E-state index is 0.205. The molecule has 0 unspecified atom stereocenters. The van der Waals surface area contributed by atoms with E-state index >= 15 is 0 Å². The van der Waals surface area contributed by atoms with Crippen molar-refractivity contribution in [3.05, 3.63) is 44.0 Å². The van der Waals surface area contributed by atoms with Crippen molar-refractivity contribution in [1.29, 1.82) is 0 Å². The molecule has 122 valence electrons. The maximum absolute atomic E-state index is 10.8. The van der Waals surface area contributed by atoms with Crippen LogP contribution in [0.4, 0.5) is 11.4 Å². The number of unbranched alkanes of at least 4 members (excludes halogenated alkanes) is 7. The molecule has 0 aliphatic carbocycles. The molecule has 0 bridgehead atoms. The lowest BCUT2D eigenvalue weighted by atomic mass is 10.0. The molecule has 0 aliphatic rings. The van der Waals surface area contributed by atoms with Crippen LogP contribution in [0.15, 0.2) is 18.2 Å². The van der Waals surface area contributed by atoms with Crippen LogP contribution in [-0.4, -0.2) is 9.85 Å². The van der Waals surface area contributed by atoms with Crippen LogP contribution in [0.5, 0.6) is 0 Å². The molecule has 0 saturated carbocycles. The van der Waals surface area contributed by atoms with Crippen molar-refractivity contribution in [2.75, 3.05) is 0 Å². The standard InChI is InChI=1S/C16H24N2O4/c1-2-3-4-5-6-7-8-9-10-14-11-15(17(19)20)13-16(12-14)18(21)22/h11-13H,2-10H2,1H3. The highest BCUT2D eigenvalue weighted by atomic mass is 16.6. The Balaban J connectivity index is 2.42. The first-order valence-electron chi connectivity index (χ1n) is 7.97. The molecule has 0 aromatic heterocycles. The Kier molecular flexibility index (Phi) is 8.10. The fraction of sp³-hybridized carbons (Fsp3) is 0.625. The number of aryl methyl sites for hydroxylation is 1. The second kappa shape index (κ2) is 9.87. The molecule has 0 saturated heterocycles. The fourth-order valence-electron chi connectivity index (χ4n) is 2.47. The number of nitrogens with zero attached hydrogens (tertiary/aromatic N) is 2. The average Bonchev–Trinajstić information content (AvgIpc) is 2.49. The predicted octanol–water partition coefficient (Wildman–Crippen LogP) is 5.19. The van der Waals surface area contributed by atoms with Gasteiger partial charge in [-0.05, 0) is 18.4 Å². The van der Waals surface area contributed by atoms with Crippen molar-refractivity contribution in [2.45, 2.75) is 64.7 Å². The zero-order valence-corrected chi connectivity index (χ0v) is 13.1. The number of rotatable bonds is 11. The van der Waals surface area contributed by atoms with Crippen LogP contribution in [0.25, 0.3) is 0 Å². The Morgan fingerprint density at radius 2 is 1.23 bits per heavy atom. The van der Waals surface area contributed by atoms with Crippen molar-refractivity contribution in [3.63, 3.8) is 0 Å². The molecule has 0 fully saturated rings. The summed E-state index contributed by atoms with van der Waals surface area (Å²) in [4.78, 5) is 20.5. The van der Waals surface area contributed by atoms with Gasteiger partial charge in [0.25, 0.3) is 11.4 Å². The molecule has 0 aliphatic heterocycles. The molecular weight excluding hydrogens is 284 g/mol. The lowest BCUT2D eigenvalue weighted by Crippen LogP contribution is -1.96. The Morgan fingerprint density at radius 1 is 0.773 bits per heavy atom. The van der Waals surface area contributed by atoms with Crippen LogP contribution in [-0.2, 0) is 6.42 Å². The first-order valence-corrected chi connectivity index (χ1v) is 7.97. The third-order valence-electron chi connectivity index (χ3n) is 3.70. The van der Waals surface area contributed by atoms with Crippen LogP contribution in [0.2, 0.25) is 0 Å².